The van der Waals surface area contributed by atoms with Gasteiger partial charge >= 0.3 is 18.1 Å². The van der Waals surface area contributed by atoms with E-state index in [-0.39, 0.29) is 17.7 Å². The van der Waals surface area contributed by atoms with Gasteiger partial charge < -0.3 is 10.4 Å². The van der Waals surface area contributed by atoms with Crippen molar-refractivity contribution in [3.8, 4) is 0 Å². The molecule has 0 aliphatic heterocycles. The Morgan fingerprint density at radius 1 is 1.33 bits per heavy atom. The van der Waals surface area contributed by atoms with E-state index >= 15 is 0 Å². The molecule has 0 aliphatic rings. The first kappa shape index (κ1) is 14.0. The number of amides is 1. The molecular formula is C11H10F3NO3. The minimum Gasteiger partial charge on any atom is -0.474 e. The number of rotatable bonds is 2. The van der Waals surface area contributed by atoms with Crippen LogP contribution < -0.4 is 5.32 Å². The van der Waals surface area contributed by atoms with Gasteiger partial charge in [0.15, 0.2) is 0 Å². The van der Waals surface area contributed by atoms with Crippen molar-refractivity contribution in [3.63, 3.8) is 0 Å². The summed E-state index contributed by atoms with van der Waals surface area (Å²) >= 11 is 0. The van der Waals surface area contributed by atoms with Crippen molar-refractivity contribution in [3.05, 3.63) is 34.9 Å². The van der Waals surface area contributed by atoms with Crippen LogP contribution in [0.2, 0.25) is 0 Å². The van der Waals surface area contributed by atoms with E-state index in [1.165, 1.54) is 19.1 Å². The first-order chi connectivity index (χ1) is 8.21. The Hall–Kier alpha value is -2.05. The molecule has 1 aromatic rings. The quantitative estimate of drug-likeness (QED) is 0.796. The molecule has 98 valence electrons. The Labute approximate surface area is 100 Å². The lowest BCUT2D eigenvalue weighted by molar-refractivity contribution is -0.150. The summed E-state index contributed by atoms with van der Waals surface area (Å²) in [6.45, 7) is 1.05. The molecule has 1 amide bonds. The van der Waals surface area contributed by atoms with Gasteiger partial charge in [-0.05, 0) is 24.1 Å². The zero-order valence-electron chi connectivity index (χ0n) is 9.34. The number of carbonyl (C=O) groups is 2. The van der Waals surface area contributed by atoms with E-state index in [0.29, 0.717) is 0 Å². The number of alkyl halides is 3. The molecule has 0 unspecified atom stereocenters. The van der Waals surface area contributed by atoms with Gasteiger partial charge in [-0.1, -0.05) is 12.1 Å². The van der Waals surface area contributed by atoms with E-state index in [0.717, 1.165) is 6.07 Å². The number of hydrogen-bond donors (Lipinski definition) is 2. The van der Waals surface area contributed by atoms with E-state index in [1.54, 1.807) is 0 Å². The van der Waals surface area contributed by atoms with Gasteiger partial charge in [-0.3, -0.25) is 4.79 Å². The van der Waals surface area contributed by atoms with Crippen molar-refractivity contribution in [1.29, 1.82) is 0 Å². The van der Waals surface area contributed by atoms with Crippen LogP contribution in [-0.2, 0) is 22.3 Å². The Kier molecular flexibility index (Phi) is 3.95. The maximum absolute atomic E-state index is 12.6. The highest BCUT2D eigenvalue weighted by atomic mass is 19.4. The Balaban J connectivity index is 2.86. The average Bonchev–Trinajstić information content (AvgIpc) is 2.25. The van der Waals surface area contributed by atoms with Crippen molar-refractivity contribution < 1.29 is 27.9 Å². The first-order valence-corrected chi connectivity index (χ1v) is 4.89. The summed E-state index contributed by atoms with van der Waals surface area (Å²) in [6.07, 6.45) is -4.48. The van der Waals surface area contributed by atoms with Crippen molar-refractivity contribution in [1.82, 2.24) is 5.32 Å². The maximum atomic E-state index is 12.6. The fourth-order valence-electron chi connectivity index (χ4n) is 1.34. The number of aryl methyl sites for hydroxylation is 1. The summed E-state index contributed by atoms with van der Waals surface area (Å²) in [4.78, 5) is 20.9. The molecule has 7 heteroatoms. The van der Waals surface area contributed by atoms with E-state index in [4.69, 9.17) is 5.11 Å². The monoisotopic (exact) mass is 261 g/mol. The fourth-order valence-corrected chi connectivity index (χ4v) is 1.34. The summed E-state index contributed by atoms with van der Waals surface area (Å²) in [5.41, 5.74) is -0.553. The van der Waals surface area contributed by atoms with E-state index in [9.17, 15) is 22.8 Å². The third-order valence-electron chi connectivity index (χ3n) is 2.25. The van der Waals surface area contributed by atoms with E-state index < -0.39 is 23.6 Å². The van der Waals surface area contributed by atoms with Crippen LogP contribution in [0.5, 0.6) is 0 Å². The summed E-state index contributed by atoms with van der Waals surface area (Å²) in [5.74, 6) is -2.94. The largest absolute Gasteiger partial charge is 0.474 e. The van der Waals surface area contributed by atoms with Gasteiger partial charge in [-0.15, -0.1) is 0 Å². The molecule has 2 N–H and O–H groups in total. The molecular weight excluding hydrogens is 251 g/mol. The smallest absolute Gasteiger partial charge is 0.416 e. The number of hydrogen-bond acceptors (Lipinski definition) is 2. The molecule has 0 fully saturated rings. The van der Waals surface area contributed by atoms with Crippen molar-refractivity contribution >= 4 is 11.9 Å². The van der Waals surface area contributed by atoms with Gasteiger partial charge in [0.25, 0.3) is 0 Å². The third-order valence-corrected chi connectivity index (χ3v) is 2.25. The Morgan fingerprint density at radius 2 is 1.94 bits per heavy atom. The minimum absolute atomic E-state index is 0.0656. The first-order valence-electron chi connectivity index (χ1n) is 4.89. The van der Waals surface area contributed by atoms with Crippen molar-refractivity contribution in [2.45, 2.75) is 19.6 Å². The number of nitrogens with one attached hydrogen (secondary N) is 1. The SMILES string of the molecule is Cc1ccc(CNC(=O)C(=O)O)cc1C(F)(F)F. The molecule has 18 heavy (non-hydrogen) atoms. The Bertz CT molecular complexity index is 483. The van der Waals surface area contributed by atoms with Gasteiger partial charge in [0.1, 0.15) is 0 Å². The van der Waals surface area contributed by atoms with Gasteiger partial charge in [0, 0.05) is 6.54 Å². The van der Waals surface area contributed by atoms with Crippen LogP contribution in [0.1, 0.15) is 16.7 Å². The minimum atomic E-state index is -4.48. The summed E-state index contributed by atoms with van der Waals surface area (Å²) < 4.78 is 37.7. The average molecular weight is 261 g/mol. The van der Waals surface area contributed by atoms with Gasteiger partial charge in [0.05, 0.1) is 5.56 Å². The van der Waals surface area contributed by atoms with Crippen LogP contribution in [0.4, 0.5) is 13.2 Å². The van der Waals surface area contributed by atoms with Gasteiger partial charge in [-0.25, -0.2) is 4.79 Å². The van der Waals surface area contributed by atoms with Crippen molar-refractivity contribution in [2.24, 2.45) is 0 Å². The second kappa shape index (κ2) is 5.07. The molecule has 0 radical (unpaired) electrons. The zero-order chi connectivity index (χ0) is 13.9. The summed E-state index contributed by atoms with van der Waals surface area (Å²) in [5, 5.41) is 10.3. The van der Waals surface area contributed by atoms with Gasteiger partial charge in [-0.2, -0.15) is 13.2 Å². The lowest BCUT2D eigenvalue weighted by atomic mass is 10.0. The predicted octanol–water partition coefficient (Wildman–Crippen LogP) is 1.71. The van der Waals surface area contributed by atoms with Crippen LogP contribution in [-0.4, -0.2) is 17.0 Å². The number of carboxylic acids is 1. The second-order valence-corrected chi connectivity index (χ2v) is 3.63. The molecule has 0 heterocycles. The summed E-state index contributed by atoms with van der Waals surface area (Å²) in [7, 11) is 0. The van der Waals surface area contributed by atoms with E-state index in [1.807, 2.05) is 5.32 Å². The zero-order valence-corrected chi connectivity index (χ0v) is 9.34. The topological polar surface area (TPSA) is 66.4 Å². The lowest BCUT2D eigenvalue weighted by Gasteiger charge is -2.12. The highest BCUT2D eigenvalue weighted by Gasteiger charge is 2.32. The lowest BCUT2D eigenvalue weighted by Crippen LogP contribution is -2.30. The molecule has 0 spiro atoms. The fraction of sp³-hybridized carbons (Fsp3) is 0.273. The van der Waals surface area contributed by atoms with E-state index in [2.05, 4.69) is 0 Å². The van der Waals surface area contributed by atoms with Crippen LogP contribution in [0, 0.1) is 6.92 Å². The van der Waals surface area contributed by atoms with Crippen LogP contribution in [0.3, 0.4) is 0 Å². The third kappa shape index (κ3) is 3.47. The second-order valence-electron chi connectivity index (χ2n) is 3.63. The van der Waals surface area contributed by atoms with Gasteiger partial charge in [0.2, 0.25) is 0 Å². The number of carboxylic acid groups (broad SMARTS) is 1. The maximum Gasteiger partial charge on any atom is 0.416 e. The van der Waals surface area contributed by atoms with Crippen LogP contribution in [0.25, 0.3) is 0 Å². The molecule has 1 aromatic carbocycles. The highest BCUT2D eigenvalue weighted by molar-refractivity contribution is 6.31. The molecule has 0 saturated carbocycles. The molecule has 0 saturated heterocycles. The number of benzene rings is 1. The Morgan fingerprint density at radius 3 is 2.44 bits per heavy atom. The molecule has 1 rings (SSSR count). The number of halogens is 3. The standard InChI is InChI=1S/C11H10F3NO3/c1-6-2-3-7(4-8(6)11(12,13)14)5-15-9(16)10(17)18/h2-4H,5H2,1H3,(H,15,16)(H,17,18). The number of aliphatic carboxylic acids is 1. The van der Waals surface area contributed by atoms with Crippen LogP contribution >= 0.6 is 0 Å². The molecule has 4 nitrogen and oxygen atoms in total. The highest BCUT2D eigenvalue weighted by Crippen LogP contribution is 2.32. The molecule has 0 aliphatic carbocycles. The molecule has 0 bridgehead atoms. The van der Waals surface area contributed by atoms with Crippen LogP contribution in [0.15, 0.2) is 18.2 Å². The number of carbonyl (C=O) groups excluding carboxylic acids is 1. The molecule has 0 atom stereocenters. The predicted molar refractivity (Wildman–Crippen MR) is 55.7 cm³/mol. The van der Waals surface area contributed by atoms with Crippen molar-refractivity contribution in [2.75, 3.05) is 0 Å². The summed E-state index contributed by atoms with van der Waals surface area (Å²) in [6, 6.07) is 3.55. The molecule has 0 aromatic heterocycles. The normalized spacial score (nSPS) is 11.1.